The zero-order valence-electron chi connectivity index (χ0n) is 12.2. The number of carbonyl (C=O) groups excluding carboxylic acids is 1. The average molecular weight is 347 g/mol. The molecule has 2 N–H and O–H groups in total. The molecule has 0 saturated carbocycles. The van der Waals surface area contributed by atoms with Crippen LogP contribution >= 0.6 is 15.9 Å². The number of carbonyl (C=O) groups is 1. The number of hydrogen-bond donors (Lipinski definition) is 2. The van der Waals surface area contributed by atoms with Crippen molar-refractivity contribution in [1.82, 2.24) is 5.32 Å². The van der Waals surface area contributed by atoms with Gasteiger partial charge in [0.15, 0.2) is 0 Å². The fourth-order valence-corrected chi connectivity index (χ4v) is 2.36. The Morgan fingerprint density at radius 1 is 1.19 bits per heavy atom. The standard InChI is InChI=1S/C17H19BrN2O/c1-12-8-9-15(10-16(12)18)20-17(21)11-19-13(2)14-6-4-3-5-7-14/h3-10,13,19H,11H2,1-2H3,(H,20,21)/t13-/m1/s1. The third-order valence-electron chi connectivity index (χ3n) is 3.32. The summed E-state index contributed by atoms with van der Waals surface area (Å²) in [5.74, 6) is -0.0477. The molecule has 0 unspecified atom stereocenters. The van der Waals surface area contributed by atoms with Gasteiger partial charge in [-0.2, -0.15) is 0 Å². The molecule has 0 radical (unpaired) electrons. The van der Waals surface area contributed by atoms with Crippen LogP contribution in [0, 0.1) is 6.92 Å². The molecule has 2 rings (SSSR count). The largest absolute Gasteiger partial charge is 0.325 e. The normalized spacial score (nSPS) is 12.0. The minimum Gasteiger partial charge on any atom is -0.325 e. The van der Waals surface area contributed by atoms with Gasteiger partial charge in [0.25, 0.3) is 0 Å². The van der Waals surface area contributed by atoms with Crippen molar-refractivity contribution < 1.29 is 4.79 Å². The van der Waals surface area contributed by atoms with Gasteiger partial charge in [-0.15, -0.1) is 0 Å². The van der Waals surface area contributed by atoms with E-state index in [1.54, 1.807) is 0 Å². The minimum absolute atomic E-state index is 0.0477. The molecule has 0 heterocycles. The Morgan fingerprint density at radius 2 is 1.90 bits per heavy atom. The van der Waals surface area contributed by atoms with Crippen molar-refractivity contribution in [2.24, 2.45) is 0 Å². The van der Waals surface area contributed by atoms with Crippen molar-refractivity contribution in [3.63, 3.8) is 0 Å². The van der Waals surface area contributed by atoms with E-state index in [1.807, 2.05) is 62.4 Å². The lowest BCUT2D eigenvalue weighted by molar-refractivity contribution is -0.115. The Labute approximate surface area is 133 Å². The maximum absolute atomic E-state index is 12.0. The van der Waals surface area contributed by atoms with Gasteiger partial charge in [0.1, 0.15) is 0 Å². The molecule has 1 amide bonds. The van der Waals surface area contributed by atoms with Crippen molar-refractivity contribution in [2.45, 2.75) is 19.9 Å². The van der Waals surface area contributed by atoms with Crippen LogP contribution < -0.4 is 10.6 Å². The van der Waals surface area contributed by atoms with Crippen molar-refractivity contribution in [2.75, 3.05) is 11.9 Å². The van der Waals surface area contributed by atoms with Gasteiger partial charge in [0.05, 0.1) is 6.54 Å². The number of amides is 1. The number of anilines is 1. The number of benzene rings is 2. The van der Waals surface area contributed by atoms with Crippen LogP contribution in [0.3, 0.4) is 0 Å². The Bertz CT molecular complexity index is 613. The van der Waals surface area contributed by atoms with Gasteiger partial charge in [-0.1, -0.05) is 52.3 Å². The first kappa shape index (κ1) is 15.7. The minimum atomic E-state index is -0.0477. The fraction of sp³-hybridized carbons (Fsp3) is 0.235. The quantitative estimate of drug-likeness (QED) is 0.857. The highest BCUT2D eigenvalue weighted by Gasteiger charge is 2.08. The van der Waals surface area contributed by atoms with Gasteiger partial charge in [-0.3, -0.25) is 4.79 Å². The molecule has 2 aromatic carbocycles. The van der Waals surface area contributed by atoms with Crippen molar-refractivity contribution in [1.29, 1.82) is 0 Å². The van der Waals surface area contributed by atoms with Crippen LogP contribution in [0.1, 0.15) is 24.1 Å². The number of hydrogen-bond acceptors (Lipinski definition) is 2. The monoisotopic (exact) mass is 346 g/mol. The van der Waals surface area contributed by atoms with Crippen LogP contribution in [0.15, 0.2) is 53.0 Å². The zero-order valence-corrected chi connectivity index (χ0v) is 13.8. The maximum Gasteiger partial charge on any atom is 0.238 e. The topological polar surface area (TPSA) is 41.1 Å². The number of nitrogens with one attached hydrogen (secondary N) is 2. The predicted octanol–water partition coefficient (Wildman–Crippen LogP) is 4.05. The lowest BCUT2D eigenvalue weighted by Gasteiger charge is -2.14. The number of halogens is 1. The van der Waals surface area contributed by atoms with Crippen molar-refractivity contribution in [3.05, 3.63) is 64.1 Å². The Kier molecular flexibility index (Phi) is 5.53. The molecule has 1 atom stereocenters. The van der Waals surface area contributed by atoms with Crippen LogP contribution in [0.2, 0.25) is 0 Å². The molecule has 0 bridgehead atoms. The van der Waals surface area contributed by atoms with E-state index in [4.69, 9.17) is 0 Å². The van der Waals surface area contributed by atoms with E-state index in [1.165, 1.54) is 5.56 Å². The third kappa shape index (κ3) is 4.69. The summed E-state index contributed by atoms with van der Waals surface area (Å²) in [4.78, 5) is 12.0. The summed E-state index contributed by atoms with van der Waals surface area (Å²) >= 11 is 3.46. The summed E-state index contributed by atoms with van der Waals surface area (Å²) in [7, 11) is 0. The second-order valence-corrected chi connectivity index (χ2v) is 5.88. The fourth-order valence-electron chi connectivity index (χ4n) is 1.98. The first-order valence-electron chi connectivity index (χ1n) is 6.90. The van der Waals surface area contributed by atoms with Crippen LogP contribution in [0.4, 0.5) is 5.69 Å². The molecule has 0 aliphatic rings. The van der Waals surface area contributed by atoms with E-state index in [-0.39, 0.29) is 18.5 Å². The van der Waals surface area contributed by atoms with Crippen LogP contribution in [0.5, 0.6) is 0 Å². The van der Waals surface area contributed by atoms with E-state index in [9.17, 15) is 4.79 Å². The molecular formula is C17H19BrN2O. The van der Waals surface area contributed by atoms with E-state index in [2.05, 4.69) is 26.6 Å². The van der Waals surface area contributed by atoms with Gasteiger partial charge in [0, 0.05) is 16.2 Å². The highest BCUT2D eigenvalue weighted by atomic mass is 79.9. The smallest absolute Gasteiger partial charge is 0.238 e. The molecule has 0 aliphatic carbocycles. The number of aryl methyl sites for hydroxylation is 1. The summed E-state index contributed by atoms with van der Waals surface area (Å²) in [6, 6.07) is 16.0. The molecule has 110 valence electrons. The highest BCUT2D eigenvalue weighted by molar-refractivity contribution is 9.10. The van der Waals surface area contributed by atoms with E-state index in [0.717, 1.165) is 15.7 Å². The zero-order chi connectivity index (χ0) is 15.2. The second-order valence-electron chi connectivity index (χ2n) is 5.03. The van der Waals surface area contributed by atoms with E-state index in [0.29, 0.717) is 0 Å². The first-order chi connectivity index (χ1) is 10.1. The summed E-state index contributed by atoms with van der Waals surface area (Å²) in [5.41, 5.74) is 3.11. The number of rotatable bonds is 5. The van der Waals surface area contributed by atoms with E-state index >= 15 is 0 Å². The molecule has 0 spiro atoms. The van der Waals surface area contributed by atoms with Gasteiger partial charge in [-0.05, 0) is 37.1 Å². The summed E-state index contributed by atoms with van der Waals surface area (Å²) in [6.45, 7) is 4.34. The summed E-state index contributed by atoms with van der Waals surface area (Å²) < 4.78 is 0.992. The average Bonchev–Trinajstić information content (AvgIpc) is 2.49. The van der Waals surface area contributed by atoms with Gasteiger partial charge < -0.3 is 10.6 Å². The molecule has 3 nitrogen and oxygen atoms in total. The van der Waals surface area contributed by atoms with Crippen LogP contribution in [0.25, 0.3) is 0 Å². The van der Waals surface area contributed by atoms with Gasteiger partial charge in [0.2, 0.25) is 5.91 Å². The lowest BCUT2D eigenvalue weighted by Crippen LogP contribution is -2.30. The Hall–Kier alpha value is -1.65. The highest BCUT2D eigenvalue weighted by Crippen LogP contribution is 2.20. The molecule has 2 aromatic rings. The second kappa shape index (κ2) is 7.38. The molecular weight excluding hydrogens is 328 g/mol. The summed E-state index contributed by atoms with van der Waals surface area (Å²) in [6.07, 6.45) is 0. The van der Waals surface area contributed by atoms with Gasteiger partial charge in [-0.25, -0.2) is 0 Å². The van der Waals surface area contributed by atoms with E-state index < -0.39 is 0 Å². The molecule has 21 heavy (non-hydrogen) atoms. The summed E-state index contributed by atoms with van der Waals surface area (Å²) in [5, 5.41) is 6.11. The van der Waals surface area contributed by atoms with Crippen LogP contribution in [-0.4, -0.2) is 12.5 Å². The molecule has 0 saturated heterocycles. The first-order valence-corrected chi connectivity index (χ1v) is 7.70. The predicted molar refractivity (Wildman–Crippen MR) is 90.4 cm³/mol. The van der Waals surface area contributed by atoms with Crippen molar-refractivity contribution in [3.8, 4) is 0 Å². The molecule has 0 fully saturated rings. The third-order valence-corrected chi connectivity index (χ3v) is 4.18. The molecule has 4 heteroatoms. The lowest BCUT2D eigenvalue weighted by atomic mass is 10.1. The Morgan fingerprint density at radius 3 is 2.57 bits per heavy atom. The maximum atomic E-state index is 12.0. The SMILES string of the molecule is Cc1ccc(NC(=O)CN[C@H](C)c2ccccc2)cc1Br. The Balaban J connectivity index is 1.86. The molecule has 0 aliphatic heterocycles. The molecule has 0 aromatic heterocycles. The van der Waals surface area contributed by atoms with Crippen molar-refractivity contribution >= 4 is 27.5 Å². The van der Waals surface area contributed by atoms with Crippen LogP contribution in [-0.2, 0) is 4.79 Å². The van der Waals surface area contributed by atoms with Gasteiger partial charge >= 0.3 is 0 Å².